The number of aromatic amines is 1. The normalized spacial score (nSPS) is 12.2. The topological polar surface area (TPSA) is 74.7 Å². The molecule has 2 aromatic carbocycles. The van der Waals surface area contributed by atoms with E-state index in [9.17, 15) is 18.3 Å². The number of nitrogens with one attached hydrogen (secondary N) is 1. The standard InChI is InChI=1S/C17H10F3IN4O/c1-7-4-11-13(15(21)25-24-11)12(14(7)17(18,19)20)8-2-3-9-10(5-8)22-6-23-16(9)26/h2-6H,1H3,(H,24,25)(H,22,23,26). The molecule has 132 valence electrons. The fraction of sp³-hybridized carbons (Fsp3) is 0.118. The summed E-state index contributed by atoms with van der Waals surface area (Å²) in [5.41, 5.74) is 0.672. The van der Waals surface area contributed by atoms with Crippen LogP contribution in [0.3, 0.4) is 0 Å². The number of nitrogens with zero attached hydrogens (tertiary/aromatic N) is 3. The molecule has 9 heteroatoms. The average molecular weight is 470 g/mol. The molecular weight excluding hydrogens is 460 g/mol. The molecule has 0 unspecified atom stereocenters. The maximum Gasteiger partial charge on any atom is 0.417 e. The van der Waals surface area contributed by atoms with Crippen molar-refractivity contribution in [2.45, 2.75) is 13.1 Å². The van der Waals surface area contributed by atoms with E-state index in [1.165, 1.54) is 37.5 Å². The zero-order chi connectivity index (χ0) is 18.6. The van der Waals surface area contributed by atoms with Crippen LogP contribution in [-0.4, -0.2) is 25.3 Å². The number of alkyl halides is 3. The molecule has 0 fully saturated rings. The van der Waals surface area contributed by atoms with Gasteiger partial charge in [0.15, 0.2) is 0 Å². The van der Waals surface area contributed by atoms with Crippen molar-refractivity contribution in [3.05, 3.63) is 45.4 Å². The Balaban J connectivity index is 2.15. The second-order valence-electron chi connectivity index (χ2n) is 5.81. The van der Waals surface area contributed by atoms with Crippen LogP contribution in [0.15, 0.2) is 30.6 Å². The highest BCUT2D eigenvalue weighted by atomic mass is 127. The van der Waals surface area contributed by atoms with Crippen LogP contribution in [0.1, 0.15) is 11.1 Å². The van der Waals surface area contributed by atoms with Gasteiger partial charge in [-0.2, -0.15) is 18.3 Å². The van der Waals surface area contributed by atoms with Crippen LogP contribution in [0.25, 0.3) is 32.9 Å². The Hall–Kier alpha value is -2.43. The van der Waals surface area contributed by atoms with Gasteiger partial charge in [-0.15, -0.1) is 0 Å². The van der Waals surface area contributed by atoms with E-state index in [1.807, 2.05) is 22.6 Å². The number of fused-ring (bicyclic) bond motifs is 2. The van der Waals surface area contributed by atoms with Crippen molar-refractivity contribution in [1.29, 1.82) is 0 Å². The summed E-state index contributed by atoms with van der Waals surface area (Å²) in [5.74, 6) is -0.218. The minimum atomic E-state index is -4.53. The van der Waals surface area contributed by atoms with Gasteiger partial charge < -0.3 is 5.11 Å². The zero-order valence-electron chi connectivity index (χ0n) is 13.2. The molecule has 0 aliphatic heterocycles. The van der Waals surface area contributed by atoms with E-state index in [0.717, 1.165) is 0 Å². The second kappa shape index (κ2) is 5.79. The van der Waals surface area contributed by atoms with E-state index in [0.29, 0.717) is 31.1 Å². The lowest BCUT2D eigenvalue weighted by atomic mass is 9.92. The molecule has 2 aromatic heterocycles. The van der Waals surface area contributed by atoms with Crippen LogP contribution in [0, 0.1) is 10.6 Å². The molecule has 2 N–H and O–H groups in total. The fourth-order valence-electron chi connectivity index (χ4n) is 3.14. The molecule has 0 aliphatic carbocycles. The Morgan fingerprint density at radius 3 is 2.65 bits per heavy atom. The van der Waals surface area contributed by atoms with Gasteiger partial charge in [0.2, 0.25) is 5.88 Å². The van der Waals surface area contributed by atoms with Crippen LogP contribution < -0.4 is 0 Å². The van der Waals surface area contributed by atoms with Gasteiger partial charge in [0.1, 0.15) is 10.0 Å². The second-order valence-corrected chi connectivity index (χ2v) is 6.83. The van der Waals surface area contributed by atoms with Crippen LogP contribution in [0.5, 0.6) is 5.88 Å². The molecule has 0 saturated heterocycles. The van der Waals surface area contributed by atoms with Crippen molar-refractivity contribution < 1.29 is 18.3 Å². The maximum atomic E-state index is 13.8. The average Bonchev–Trinajstić information content (AvgIpc) is 2.93. The van der Waals surface area contributed by atoms with Crippen molar-refractivity contribution in [1.82, 2.24) is 20.2 Å². The smallest absolute Gasteiger partial charge is 0.417 e. The Bertz CT molecular complexity index is 1170. The summed E-state index contributed by atoms with van der Waals surface area (Å²) in [7, 11) is 0. The minimum absolute atomic E-state index is 0.0469. The highest BCUT2D eigenvalue weighted by Crippen LogP contribution is 2.44. The molecule has 0 radical (unpaired) electrons. The lowest BCUT2D eigenvalue weighted by Gasteiger charge is -2.17. The first-order chi connectivity index (χ1) is 12.3. The van der Waals surface area contributed by atoms with Crippen LogP contribution in [0.2, 0.25) is 0 Å². The Morgan fingerprint density at radius 2 is 1.92 bits per heavy atom. The minimum Gasteiger partial charge on any atom is -0.493 e. The van der Waals surface area contributed by atoms with E-state index < -0.39 is 11.7 Å². The molecule has 0 atom stereocenters. The summed E-state index contributed by atoms with van der Waals surface area (Å²) < 4.78 is 42.0. The summed E-state index contributed by atoms with van der Waals surface area (Å²) in [4.78, 5) is 7.74. The lowest BCUT2D eigenvalue weighted by molar-refractivity contribution is -0.137. The van der Waals surface area contributed by atoms with Gasteiger partial charge in [-0.3, -0.25) is 5.10 Å². The number of aryl methyl sites for hydroxylation is 1. The summed E-state index contributed by atoms with van der Waals surface area (Å²) >= 11 is 1.91. The third-order valence-corrected chi connectivity index (χ3v) is 4.97. The van der Waals surface area contributed by atoms with Gasteiger partial charge in [-0.05, 0) is 58.8 Å². The Labute approximate surface area is 158 Å². The van der Waals surface area contributed by atoms with E-state index in [-0.39, 0.29) is 17.0 Å². The number of H-pyrrole nitrogens is 1. The highest BCUT2D eigenvalue weighted by molar-refractivity contribution is 14.1. The summed E-state index contributed by atoms with van der Waals surface area (Å²) in [6.07, 6.45) is -3.36. The molecular formula is C17H10F3IN4O. The van der Waals surface area contributed by atoms with Gasteiger partial charge in [0, 0.05) is 10.9 Å². The quantitative estimate of drug-likeness (QED) is 0.392. The molecule has 0 saturated carbocycles. The third kappa shape index (κ3) is 2.57. The number of rotatable bonds is 1. The maximum absolute atomic E-state index is 13.8. The van der Waals surface area contributed by atoms with Crippen molar-refractivity contribution in [2.24, 2.45) is 0 Å². The fourth-order valence-corrected chi connectivity index (χ4v) is 3.82. The molecule has 4 aromatic rings. The Kier molecular flexibility index (Phi) is 3.79. The number of halogens is 4. The summed E-state index contributed by atoms with van der Waals surface area (Å²) in [6, 6.07) is 6.01. The van der Waals surface area contributed by atoms with E-state index in [2.05, 4.69) is 20.2 Å². The van der Waals surface area contributed by atoms with Crippen LogP contribution >= 0.6 is 22.6 Å². The first-order valence-electron chi connectivity index (χ1n) is 7.46. The van der Waals surface area contributed by atoms with Crippen molar-refractivity contribution in [2.75, 3.05) is 0 Å². The lowest BCUT2D eigenvalue weighted by Crippen LogP contribution is -2.10. The molecule has 26 heavy (non-hydrogen) atoms. The first-order valence-corrected chi connectivity index (χ1v) is 8.53. The van der Waals surface area contributed by atoms with Crippen molar-refractivity contribution >= 4 is 44.4 Å². The van der Waals surface area contributed by atoms with Gasteiger partial charge in [-0.1, -0.05) is 6.07 Å². The number of benzene rings is 2. The number of hydrogen-bond acceptors (Lipinski definition) is 4. The van der Waals surface area contributed by atoms with Gasteiger partial charge >= 0.3 is 6.18 Å². The zero-order valence-corrected chi connectivity index (χ0v) is 15.3. The predicted molar refractivity (Wildman–Crippen MR) is 98.7 cm³/mol. The third-order valence-electron chi connectivity index (χ3n) is 4.19. The van der Waals surface area contributed by atoms with Gasteiger partial charge in [0.25, 0.3) is 0 Å². The van der Waals surface area contributed by atoms with Gasteiger partial charge in [0.05, 0.1) is 22.0 Å². The Morgan fingerprint density at radius 1 is 1.15 bits per heavy atom. The van der Waals surface area contributed by atoms with Crippen molar-refractivity contribution in [3.8, 4) is 17.0 Å². The molecule has 0 amide bonds. The monoisotopic (exact) mass is 470 g/mol. The molecule has 5 nitrogen and oxygen atoms in total. The van der Waals surface area contributed by atoms with Gasteiger partial charge in [-0.25, -0.2) is 9.97 Å². The summed E-state index contributed by atoms with van der Waals surface area (Å²) in [5, 5.41) is 17.4. The predicted octanol–water partition coefficient (Wildman–Crippen LogP) is 4.81. The first kappa shape index (κ1) is 17.0. The molecule has 0 spiro atoms. The largest absolute Gasteiger partial charge is 0.493 e. The van der Waals surface area contributed by atoms with E-state index in [4.69, 9.17) is 0 Å². The van der Waals surface area contributed by atoms with Crippen LogP contribution in [-0.2, 0) is 6.18 Å². The number of aromatic hydroxyl groups is 1. The SMILES string of the molecule is Cc1cc2[nH]nc(I)c2c(-c2ccc3c(O)ncnc3c2)c1C(F)(F)F. The molecule has 4 rings (SSSR count). The van der Waals surface area contributed by atoms with Crippen molar-refractivity contribution in [3.63, 3.8) is 0 Å². The molecule has 0 bridgehead atoms. The van der Waals surface area contributed by atoms with E-state index >= 15 is 0 Å². The van der Waals surface area contributed by atoms with Crippen LogP contribution in [0.4, 0.5) is 13.2 Å². The van der Waals surface area contributed by atoms with E-state index in [1.54, 1.807) is 0 Å². The number of aromatic nitrogens is 4. The summed E-state index contributed by atoms with van der Waals surface area (Å²) in [6.45, 7) is 1.43. The highest BCUT2D eigenvalue weighted by Gasteiger charge is 2.37. The molecule has 2 heterocycles. The molecule has 0 aliphatic rings. The number of hydrogen-bond donors (Lipinski definition) is 2.